The van der Waals surface area contributed by atoms with Crippen LogP contribution in [0.15, 0.2) is 42.5 Å². The second kappa shape index (κ2) is 7.52. The van der Waals surface area contributed by atoms with Crippen LogP contribution in [0.2, 0.25) is 5.02 Å². The summed E-state index contributed by atoms with van der Waals surface area (Å²) in [6.07, 6.45) is 0. The van der Waals surface area contributed by atoms with Crippen LogP contribution in [0.1, 0.15) is 13.8 Å². The SMILES string of the molecule is CCN(CC)c1nc2cc(F)c(Cl)cc2c(-c2ccccc2)c1-c1nnn[nH]1. The average molecular weight is 397 g/mol. The summed E-state index contributed by atoms with van der Waals surface area (Å²) in [7, 11) is 0. The molecule has 0 radical (unpaired) electrons. The van der Waals surface area contributed by atoms with Crippen molar-refractivity contribution in [1.82, 2.24) is 25.6 Å². The summed E-state index contributed by atoms with van der Waals surface area (Å²) in [6, 6.07) is 12.8. The Bertz CT molecular complexity index is 1110. The normalized spacial score (nSPS) is 11.1. The van der Waals surface area contributed by atoms with Gasteiger partial charge in [0.05, 0.1) is 16.1 Å². The van der Waals surface area contributed by atoms with Gasteiger partial charge in [0.25, 0.3) is 0 Å². The molecule has 8 heteroatoms. The molecule has 6 nitrogen and oxygen atoms in total. The van der Waals surface area contributed by atoms with Crippen molar-refractivity contribution in [3.8, 4) is 22.5 Å². The van der Waals surface area contributed by atoms with Gasteiger partial charge in [-0.05, 0) is 35.9 Å². The minimum absolute atomic E-state index is 0.0451. The molecule has 4 rings (SSSR count). The average Bonchev–Trinajstić information content (AvgIpc) is 3.24. The summed E-state index contributed by atoms with van der Waals surface area (Å²) in [4.78, 5) is 6.87. The Morgan fingerprint density at radius 3 is 2.46 bits per heavy atom. The summed E-state index contributed by atoms with van der Waals surface area (Å²) in [6.45, 7) is 5.55. The predicted molar refractivity (Wildman–Crippen MR) is 109 cm³/mol. The Kier molecular flexibility index (Phi) is 4.92. The van der Waals surface area contributed by atoms with Crippen LogP contribution in [0.4, 0.5) is 10.2 Å². The van der Waals surface area contributed by atoms with Gasteiger partial charge in [-0.15, -0.1) is 5.10 Å². The highest BCUT2D eigenvalue weighted by atomic mass is 35.5. The lowest BCUT2D eigenvalue weighted by molar-refractivity contribution is 0.630. The standard InChI is InChI=1S/C20H18ClFN6/c1-3-28(4-2)20-18(19-24-26-27-25-19)17(12-8-6-5-7-9-12)13-10-14(21)15(22)11-16(13)23-20/h5-11H,3-4H2,1-2H3,(H,24,25,26,27). The molecule has 4 aromatic rings. The Morgan fingerprint density at radius 1 is 1.07 bits per heavy atom. The summed E-state index contributed by atoms with van der Waals surface area (Å²) < 4.78 is 14.2. The Hall–Kier alpha value is -3.06. The third-order valence-corrected chi connectivity index (χ3v) is 5.01. The molecule has 142 valence electrons. The zero-order valence-corrected chi connectivity index (χ0v) is 16.2. The largest absolute Gasteiger partial charge is 0.357 e. The maximum Gasteiger partial charge on any atom is 0.183 e. The first-order valence-electron chi connectivity index (χ1n) is 9.01. The van der Waals surface area contributed by atoms with Crippen molar-refractivity contribution in [2.24, 2.45) is 0 Å². The van der Waals surface area contributed by atoms with Gasteiger partial charge in [-0.25, -0.2) is 14.5 Å². The van der Waals surface area contributed by atoms with Crippen molar-refractivity contribution in [1.29, 1.82) is 0 Å². The molecule has 0 atom stereocenters. The number of H-pyrrole nitrogens is 1. The van der Waals surface area contributed by atoms with Gasteiger partial charge < -0.3 is 4.90 Å². The highest BCUT2D eigenvalue weighted by Crippen LogP contribution is 2.42. The lowest BCUT2D eigenvalue weighted by Gasteiger charge is -2.25. The molecule has 0 amide bonds. The van der Waals surface area contributed by atoms with Crippen LogP contribution < -0.4 is 4.90 Å². The molecular weight excluding hydrogens is 379 g/mol. The maximum absolute atomic E-state index is 14.2. The predicted octanol–water partition coefficient (Wildman–Crippen LogP) is 4.72. The number of pyridine rings is 1. The second-order valence-corrected chi connectivity index (χ2v) is 6.66. The van der Waals surface area contributed by atoms with Gasteiger partial charge in [0.1, 0.15) is 11.6 Å². The van der Waals surface area contributed by atoms with E-state index in [1.165, 1.54) is 6.07 Å². The summed E-state index contributed by atoms with van der Waals surface area (Å²) in [5.41, 5.74) is 3.08. The number of nitrogens with one attached hydrogen (secondary N) is 1. The van der Waals surface area contributed by atoms with Crippen LogP contribution in [0.5, 0.6) is 0 Å². The lowest BCUT2D eigenvalue weighted by atomic mass is 9.94. The first-order valence-corrected chi connectivity index (χ1v) is 9.39. The molecule has 0 bridgehead atoms. The van der Waals surface area contributed by atoms with E-state index in [-0.39, 0.29) is 5.02 Å². The fourth-order valence-corrected chi connectivity index (χ4v) is 3.56. The Labute approximate surface area is 166 Å². The van der Waals surface area contributed by atoms with Gasteiger partial charge >= 0.3 is 0 Å². The van der Waals surface area contributed by atoms with Gasteiger partial charge in [0.2, 0.25) is 0 Å². The highest BCUT2D eigenvalue weighted by molar-refractivity contribution is 6.31. The molecule has 0 spiro atoms. The molecule has 0 fully saturated rings. The monoisotopic (exact) mass is 396 g/mol. The van der Waals surface area contributed by atoms with E-state index in [2.05, 4.69) is 25.5 Å². The quantitative estimate of drug-likeness (QED) is 0.528. The summed E-state index contributed by atoms with van der Waals surface area (Å²) in [5.74, 6) is 0.687. The molecule has 0 aliphatic heterocycles. The fraction of sp³-hybridized carbons (Fsp3) is 0.200. The van der Waals surface area contributed by atoms with Crippen LogP contribution in [0.25, 0.3) is 33.4 Å². The number of benzene rings is 2. The minimum Gasteiger partial charge on any atom is -0.357 e. The van der Waals surface area contributed by atoms with Gasteiger partial charge in [-0.3, -0.25) is 0 Å². The molecular formula is C20H18ClFN6. The number of hydrogen-bond donors (Lipinski definition) is 1. The first kappa shape index (κ1) is 18.3. The first-order chi connectivity index (χ1) is 13.6. The van der Waals surface area contributed by atoms with Gasteiger partial charge in [0.15, 0.2) is 5.82 Å². The molecule has 2 heterocycles. The van der Waals surface area contributed by atoms with Crippen LogP contribution in [0.3, 0.4) is 0 Å². The van der Waals surface area contributed by atoms with Crippen molar-refractivity contribution in [2.75, 3.05) is 18.0 Å². The van der Waals surface area contributed by atoms with E-state index in [4.69, 9.17) is 16.6 Å². The number of aromatic amines is 1. The lowest BCUT2D eigenvalue weighted by Crippen LogP contribution is -2.24. The second-order valence-electron chi connectivity index (χ2n) is 6.26. The number of tetrazole rings is 1. The number of halogens is 2. The fourth-order valence-electron chi connectivity index (χ4n) is 3.39. The number of nitrogens with zero attached hydrogens (tertiary/aromatic N) is 5. The van der Waals surface area contributed by atoms with E-state index < -0.39 is 5.82 Å². The van der Waals surface area contributed by atoms with E-state index in [9.17, 15) is 4.39 Å². The maximum atomic E-state index is 14.2. The van der Waals surface area contributed by atoms with E-state index in [1.54, 1.807) is 6.07 Å². The van der Waals surface area contributed by atoms with Crippen LogP contribution in [-0.4, -0.2) is 38.7 Å². The summed E-state index contributed by atoms with van der Waals surface area (Å²) in [5, 5.41) is 15.3. The number of aromatic nitrogens is 5. The van der Waals surface area contributed by atoms with Crippen LogP contribution >= 0.6 is 11.6 Å². The number of hydrogen-bond acceptors (Lipinski definition) is 5. The van der Waals surface area contributed by atoms with Crippen LogP contribution in [-0.2, 0) is 0 Å². The molecule has 0 unspecified atom stereocenters. The number of fused-ring (bicyclic) bond motifs is 1. The smallest absolute Gasteiger partial charge is 0.183 e. The molecule has 2 aromatic carbocycles. The van der Waals surface area contributed by atoms with Crippen molar-refractivity contribution < 1.29 is 4.39 Å². The van der Waals surface area contributed by atoms with Crippen LogP contribution in [0, 0.1) is 5.82 Å². The van der Waals surface area contributed by atoms with Crippen molar-refractivity contribution in [3.05, 3.63) is 53.3 Å². The zero-order valence-electron chi connectivity index (χ0n) is 15.4. The minimum atomic E-state index is -0.500. The number of anilines is 1. The van der Waals surface area contributed by atoms with E-state index in [1.807, 2.05) is 44.2 Å². The van der Waals surface area contributed by atoms with Crippen molar-refractivity contribution in [2.45, 2.75) is 13.8 Å². The molecule has 0 aliphatic rings. The highest BCUT2D eigenvalue weighted by Gasteiger charge is 2.24. The Balaban J connectivity index is 2.20. The van der Waals surface area contributed by atoms with E-state index in [0.29, 0.717) is 17.2 Å². The number of rotatable bonds is 5. The zero-order chi connectivity index (χ0) is 19.7. The van der Waals surface area contributed by atoms with Gasteiger partial charge in [-0.2, -0.15) is 0 Å². The van der Waals surface area contributed by atoms with Crippen molar-refractivity contribution >= 4 is 28.3 Å². The summed E-state index contributed by atoms with van der Waals surface area (Å²) >= 11 is 6.12. The molecule has 1 N–H and O–H groups in total. The van der Waals surface area contributed by atoms with E-state index >= 15 is 0 Å². The third-order valence-electron chi connectivity index (χ3n) is 4.72. The molecule has 28 heavy (non-hydrogen) atoms. The molecule has 0 saturated carbocycles. The third kappa shape index (κ3) is 3.07. The van der Waals surface area contributed by atoms with E-state index in [0.717, 1.165) is 35.2 Å². The van der Waals surface area contributed by atoms with Gasteiger partial charge in [-0.1, -0.05) is 41.9 Å². The Morgan fingerprint density at radius 2 is 1.82 bits per heavy atom. The molecule has 0 saturated heterocycles. The van der Waals surface area contributed by atoms with Crippen molar-refractivity contribution in [3.63, 3.8) is 0 Å². The molecule has 2 aromatic heterocycles. The topological polar surface area (TPSA) is 70.6 Å². The van der Waals surface area contributed by atoms with Gasteiger partial charge in [0, 0.05) is 30.1 Å². The molecule has 0 aliphatic carbocycles.